The number of likely N-dealkylation sites (N-methyl/N-ethyl adjacent to an activating group) is 1. The second kappa shape index (κ2) is 20.7. The zero-order valence-electron chi connectivity index (χ0n) is 27.2. The van der Waals surface area contributed by atoms with Gasteiger partial charge >= 0.3 is 0 Å². The Kier molecular flexibility index (Phi) is 18.2. The van der Waals surface area contributed by atoms with Gasteiger partial charge in [-0.25, -0.2) is 23.1 Å². The largest absolute Gasteiger partial charge is 0.365 e. The summed E-state index contributed by atoms with van der Waals surface area (Å²) in [6.45, 7) is 17.7. The highest BCUT2D eigenvalue weighted by atomic mass is 35.5. The van der Waals surface area contributed by atoms with Gasteiger partial charge in [-0.3, -0.25) is 9.78 Å². The number of hydrogen-bond donors (Lipinski definition) is 1. The van der Waals surface area contributed by atoms with Gasteiger partial charge in [0, 0.05) is 36.6 Å². The predicted molar refractivity (Wildman–Crippen MR) is 173 cm³/mol. The highest BCUT2D eigenvalue weighted by Gasteiger charge is 2.24. The fourth-order valence-corrected chi connectivity index (χ4v) is 4.57. The zero-order valence-corrected chi connectivity index (χ0v) is 28.0. The molecular weight excluding hydrogens is 589 g/mol. The lowest BCUT2D eigenvalue weighted by atomic mass is 10.0. The van der Waals surface area contributed by atoms with Gasteiger partial charge in [0.15, 0.2) is 0 Å². The Morgan fingerprint density at radius 2 is 1.70 bits per heavy atom. The van der Waals surface area contributed by atoms with Crippen molar-refractivity contribution in [1.29, 1.82) is 0 Å². The lowest BCUT2D eigenvalue weighted by Crippen LogP contribution is -2.25. The van der Waals surface area contributed by atoms with Crippen molar-refractivity contribution in [2.24, 2.45) is 5.92 Å². The fourth-order valence-electron chi connectivity index (χ4n) is 4.39. The number of carbonyl (C=O) groups excluding carboxylic acids is 1. The minimum atomic E-state index is -2.89. The van der Waals surface area contributed by atoms with Crippen molar-refractivity contribution in [3.8, 4) is 0 Å². The van der Waals surface area contributed by atoms with Crippen molar-refractivity contribution in [1.82, 2.24) is 24.8 Å². The third kappa shape index (κ3) is 12.4. The number of alkyl halides is 2. The first-order valence-corrected chi connectivity index (χ1v) is 15.6. The summed E-state index contributed by atoms with van der Waals surface area (Å²) in [5.74, 6) is 0.779. The van der Waals surface area contributed by atoms with E-state index in [0.29, 0.717) is 42.5 Å². The number of rotatable bonds is 11. The Bertz CT molecular complexity index is 1250. The second-order valence-corrected chi connectivity index (χ2v) is 10.7. The number of anilines is 1. The summed E-state index contributed by atoms with van der Waals surface area (Å²) in [6, 6.07) is 8.05. The first kappa shape index (κ1) is 38.8. The van der Waals surface area contributed by atoms with Gasteiger partial charge in [-0.1, -0.05) is 66.7 Å². The number of pyridine rings is 1. The Morgan fingerprint density at radius 1 is 1.05 bits per heavy atom. The van der Waals surface area contributed by atoms with E-state index >= 15 is 0 Å². The number of aromatic nitrogens is 3. The van der Waals surface area contributed by atoms with Crippen LogP contribution in [0.5, 0.6) is 0 Å². The maximum Gasteiger partial charge on any atom is 0.266 e. The molecule has 0 saturated carbocycles. The van der Waals surface area contributed by atoms with Crippen LogP contribution < -0.4 is 5.32 Å². The number of benzene rings is 1. The molecule has 1 atom stereocenters. The maximum atomic E-state index is 14.1. The Labute approximate surface area is 266 Å². The minimum Gasteiger partial charge on any atom is -0.365 e. The zero-order chi connectivity index (χ0) is 33.2. The van der Waals surface area contributed by atoms with Crippen molar-refractivity contribution in [3.05, 3.63) is 81.8 Å². The number of nitrogens with zero attached hydrogens (tertiary/aromatic N) is 5. The summed E-state index contributed by atoms with van der Waals surface area (Å²) in [7, 11) is 2.21. The average Bonchev–Trinajstić information content (AvgIpc) is 3.45. The van der Waals surface area contributed by atoms with Crippen molar-refractivity contribution in [2.75, 3.05) is 25.5 Å². The molecule has 3 heterocycles. The second-order valence-electron chi connectivity index (χ2n) is 10.4. The van der Waals surface area contributed by atoms with Gasteiger partial charge in [0.25, 0.3) is 6.43 Å². The van der Waals surface area contributed by atoms with Crippen LogP contribution in [0.3, 0.4) is 0 Å². The average molecular weight is 637 g/mol. The van der Waals surface area contributed by atoms with E-state index in [1.165, 1.54) is 35.6 Å². The molecule has 7 nitrogen and oxygen atoms in total. The lowest BCUT2D eigenvalue weighted by molar-refractivity contribution is -0.118. The fraction of sp³-hybridized carbons (Fsp3) is 0.515. The first-order valence-electron chi connectivity index (χ1n) is 15.2. The lowest BCUT2D eigenvalue weighted by Gasteiger charge is -2.22. The van der Waals surface area contributed by atoms with Crippen molar-refractivity contribution >= 4 is 23.8 Å². The van der Waals surface area contributed by atoms with Crippen LogP contribution in [-0.2, 0) is 24.4 Å². The Hall–Kier alpha value is -3.24. The van der Waals surface area contributed by atoms with Crippen LogP contribution in [-0.4, -0.2) is 51.3 Å². The number of hydrogen-bond acceptors (Lipinski definition) is 6. The van der Waals surface area contributed by atoms with Crippen molar-refractivity contribution in [3.63, 3.8) is 0 Å². The van der Waals surface area contributed by atoms with Gasteiger partial charge in [0.2, 0.25) is 11.7 Å². The quantitative estimate of drug-likeness (QED) is 0.168. The molecule has 1 unspecified atom stereocenters. The molecule has 1 N–H and O–H groups in total. The van der Waals surface area contributed by atoms with Crippen LogP contribution in [0.15, 0.2) is 42.7 Å². The Balaban J connectivity index is 0.000000422. The van der Waals surface area contributed by atoms with E-state index in [2.05, 4.69) is 65.1 Å². The molecule has 0 bridgehead atoms. The summed E-state index contributed by atoms with van der Waals surface area (Å²) in [5.41, 5.74) is 2.10. The van der Waals surface area contributed by atoms with Crippen molar-refractivity contribution in [2.45, 2.75) is 86.9 Å². The summed E-state index contributed by atoms with van der Waals surface area (Å²) in [4.78, 5) is 27.0. The van der Waals surface area contributed by atoms with Crippen molar-refractivity contribution < 1.29 is 18.0 Å². The number of fused-ring (bicyclic) bond motifs is 1. The molecule has 2 aromatic heterocycles. The topological polar surface area (TPSA) is 74.2 Å². The molecule has 0 fully saturated rings. The summed E-state index contributed by atoms with van der Waals surface area (Å²) in [6.07, 6.45) is 2.83. The molecule has 3 aromatic rings. The normalized spacial score (nSPS) is 12.4. The highest BCUT2D eigenvalue weighted by molar-refractivity contribution is 6.28. The van der Waals surface area contributed by atoms with Gasteiger partial charge in [-0.15, -0.1) is 0 Å². The summed E-state index contributed by atoms with van der Waals surface area (Å²) < 4.78 is 39.6. The summed E-state index contributed by atoms with van der Waals surface area (Å²) in [5, 5.41) is 2.88. The number of halogens is 4. The molecule has 0 saturated heterocycles. The third-order valence-electron chi connectivity index (χ3n) is 6.67. The molecule has 244 valence electrons. The SMILES string of the molecule is CC.CC.CC(C)CCN(C)CC(C)c1ccncc1.O=CN1Cc2nc(Cl)nc(NCc3cccc(C(F)F)c3F)c2C1. The van der Waals surface area contributed by atoms with Crippen LogP contribution in [0.1, 0.15) is 95.2 Å². The van der Waals surface area contributed by atoms with Gasteiger partial charge < -0.3 is 15.1 Å². The molecule has 0 aliphatic carbocycles. The molecule has 1 aliphatic heterocycles. The van der Waals surface area contributed by atoms with Gasteiger partial charge in [-0.2, -0.15) is 0 Å². The van der Waals surface area contributed by atoms with E-state index in [1.54, 1.807) is 0 Å². The molecule has 4 rings (SSSR count). The number of carbonyl (C=O) groups is 1. The van der Waals surface area contributed by atoms with Crippen LogP contribution in [0.4, 0.5) is 19.0 Å². The van der Waals surface area contributed by atoms with Crippen LogP contribution >= 0.6 is 11.6 Å². The van der Waals surface area contributed by atoms with Gasteiger partial charge in [-0.05, 0) is 61.1 Å². The smallest absolute Gasteiger partial charge is 0.266 e. The highest BCUT2D eigenvalue weighted by Crippen LogP contribution is 2.29. The first-order chi connectivity index (χ1) is 21.1. The number of amides is 1. The van der Waals surface area contributed by atoms with Crippen LogP contribution in [0.2, 0.25) is 5.28 Å². The molecule has 44 heavy (non-hydrogen) atoms. The molecular formula is C33H48ClF3N6O. The van der Waals surface area contributed by atoms with E-state index < -0.39 is 17.8 Å². The van der Waals surface area contributed by atoms with Crippen LogP contribution in [0, 0.1) is 11.7 Å². The van der Waals surface area contributed by atoms with Gasteiger partial charge in [0.05, 0.1) is 24.3 Å². The summed E-state index contributed by atoms with van der Waals surface area (Å²) >= 11 is 5.86. The van der Waals surface area contributed by atoms with E-state index in [-0.39, 0.29) is 17.4 Å². The molecule has 0 radical (unpaired) electrons. The molecule has 1 aromatic carbocycles. The van der Waals surface area contributed by atoms with E-state index in [1.807, 2.05) is 40.1 Å². The molecule has 11 heteroatoms. The van der Waals surface area contributed by atoms with Gasteiger partial charge in [0.1, 0.15) is 11.6 Å². The molecule has 1 amide bonds. The van der Waals surface area contributed by atoms with E-state index in [0.717, 1.165) is 18.5 Å². The van der Waals surface area contributed by atoms with Crippen LogP contribution in [0.25, 0.3) is 0 Å². The Morgan fingerprint density at radius 3 is 2.30 bits per heavy atom. The minimum absolute atomic E-state index is 0.00852. The van der Waals surface area contributed by atoms with E-state index in [4.69, 9.17) is 11.6 Å². The third-order valence-corrected chi connectivity index (χ3v) is 6.84. The number of nitrogens with one attached hydrogen (secondary N) is 1. The monoisotopic (exact) mass is 636 g/mol. The molecule has 1 aliphatic rings. The standard InChI is InChI=1S/C15H12ClF3N4O.C14H24N2.2C2H6/c16-15-21-11-6-23(7-24)5-10(11)14(22-15)20-4-8-2-1-3-9(12(8)17)13(18)19;1-12(2)7-10-16(4)11-13(3)14-5-8-15-9-6-14;2*1-2/h1-3,7,13H,4-6H2,(H,20,21,22);5-6,8-9,12-13H,7,10-11H2,1-4H3;2*1-2H3. The molecule has 0 spiro atoms. The van der Waals surface area contributed by atoms with E-state index in [9.17, 15) is 18.0 Å². The predicted octanol–water partition coefficient (Wildman–Crippen LogP) is 8.51. The maximum absolute atomic E-state index is 14.1.